The Balaban J connectivity index is 1.71. The van der Waals surface area contributed by atoms with Gasteiger partial charge in [-0.3, -0.25) is 15.6 Å². The highest BCUT2D eigenvalue weighted by Crippen LogP contribution is 2.24. The first-order valence-electron chi connectivity index (χ1n) is 8.81. The molecule has 0 heterocycles. The maximum atomic E-state index is 12.6. The van der Waals surface area contributed by atoms with Crippen molar-refractivity contribution in [3.8, 4) is 11.1 Å². The van der Waals surface area contributed by atoms with Gasteiger partial charge in [0.05, 0.1) is 5.69 Å². The summed E-state index contributed by atoms with van der Waals surface area (Å²) in [6.07, 6.45) is -1.27. The predicted octanol–water partition coefficient (Wildman–Crippen LogP) is 4.11. The highest BCUT2D eigenvalue weighted by molar-refractivity contribution is 5.87. The van der Waals surface area contributed by atoms with Crippen molar-refractivity contribution >= 4 is 17.7 Å². The highest BCUT2D eigenvalue weighted by Gasteiger charge is 2.22. The van der Waals surface area contributed by atoms with Crippen LogP contribution in [0.2, 0.25) is 0 Å². The molecule has 0 fully saturated rings. The maximum Gasteiger partial charge on any atom is 0.405 e. The van der Waals surface area contributed by atoms with E-state index in [0.29, 0.717) is 5.56 Å². The van der Waals surface area contributed by atoms with E-state index in [4.69, 9.17) is 5.11 Å². The fourth-order valence-electron chi connectivity index (χ4n) is 2.88. The fraction of sp³-hybridized carbons (Fsp3) is 0.0909. The molecule has 3 aromatic rings. The lowest BCUT2D eigenvalue weighted by Crippen LogP contribution is -2.42. The predicted molar refractivity (Wildman–Crippen MR) is 109 cm³/mol. The highest BCUT2D eigenvalue weighted by atomic mass is 16.4. The number of anilines is 1. The van der Waals surface area contributed by atoms with E-state index in [0.717, 1.165) is 22.4 Å². The molecule has 6 nitrogen and oxygen atoms in total. The molecule has 0 saturated heterocycles. The van der Waals surface area contributed by atoms with Crippen LogP contribution in [0.25, 0.3) is 11.1 Å². The first-order valence-corrected chi connectivity index (χ1v) is 8.81. The Morgan fingerprint density at radius 3 is 2.11 bits per heavy atom. The van der Waals surface area contributed by atoms with Gasteiger partial charge < -0.3 is 10.4 Å². The molecule has 1 atom stereocenters. The van der Waals surface area contributed by atoms with Crippen LogP contribution in [0.3, 0.4) is 0 Å². The Hall–Kier alpha value is -3.80. The zero-order valence-electron chi connectivity index (χ0n) is 15.3. The molecule has 0 radical (unpaired) electrons. The van der Waals surface area contributed by atoms with Gasteiger partial charge in [0.1, 0.15) is 6.04 Å². The van der Waals surface area contributed by atoms with Gasteiger partial charge in [0, 0.05) is 0 Å². The van der Waals surface area contributed by atoms with Crippen molar-refractivity contribution in [3.05, 3.63) is 90.0 Å². The molecule has 3 rings (SSSR count). The molecule has 0 aliphatic rings. The summed E-state index contributed by atoms with van der Waals surface area (Å²) in [5, 5.41) is 11.3. The second-order valence-corrected chi connectivity index (χ2v) is 6.30. The topological polar surface area (TPSA) is 90.5 Å². The van der Waals surface area contributed by atoms with E-state index in [-0.39, 0.29) is 0 Å². The zero-order chi connectivity index (χ0) is 19.9. The van der Waals surface area contributed by atoms with E-state index >= 15 is 0 Å². The van der Waals surface area contributed by atoms with Crippen molar-refractivity contribution in [2.75, 3.05) is 5.43 Å². The van der Waals surface area contributed by atoms with Gasteiger partial charge in [-0.05, 0) is 41.3 Å². The van der Waals surface area contributed by atoms with Crippen LogP contribution in [-0.2, 0) is 4.79 Å². The van der Waals surface area contributed by atoms with Gasteiger partial charge in [-0.15, -0.1) is 0 Å². The minimum absolute atomic E-state index is 0.500. The first-order chi connectivity index (χ1) is 13.5. The summed E-state index contributed by atoms with van der Waals surface area (Å²) in [5.74, 6) is -0.500. The molecule has 0 bridgehead atoms. The summed E-state index contributed by atoms with van der Waals surface area (Å²) in [5.41, 5.74) is 9.89. The second kappa shape index (κ2) is 8.73. The molecule has 4 N–H and O–H groups in total. The summed E-state index contributed by atoms with van der Waals surface area (Å²) >= 11 is 0. The number of benzene rings is 3. The molecule has 142 valence electrons. The standard InChI is InChI=1S/C22H21N3O3/c1-15-14-18(16-8-4-2-5-9-16)12-13-19(15)24-25-21(26)20(23-22(27)28)17-10-6-3-7-11-17/h2-14,20,23-24H,1H3,(H,25,26)(H,27,28). The Morgan fingerprint density at radius 1 is 0.857 bits per heavy atom. The molecule has 6 heteroatoms. The molecule has 0 saturated carbocycles. The van der Waals surface area contributed by atoms with Crippen molar-refractivity contribution in [2.45, 2.75) is 13.0 Å². The van der Waals surface area contributed by atoms with E-state index in [9.17, 15) is 9.59 Å². The lowest BCUT2D eigenvalue weighted by Gasteiger charge is -2.19. The fourth-order valence-corrected chi connectivity index (χ4v) is 2.88. The number of carboxylic acid groups (broad SMARTS) is 1. The van der Waals surface area contributed by atoms with Gasteiger partial charge in [-0.25, -0.2) is 4.79 Å². The normalized spacial score (nSPS) is 11.3. The summed E-state index contributed by atoms with van der Waals surface area (Å²) in [4.78, 5) is 23.6. The molecular formula is C22H21N3O3. The van der Waals surface area contributed by atoms with E-state index < -0.39 is 18.0 Å². The van der Waals surface area contributed by atoms with Crippen molar-refractivity contribution in [2.24, 2.45) is 0 Å². The molecule has 0 aliphatic carbocycles. The van der Waals surface area contributed by atoms with Crippen molar-refractivity contribution in [3.63, 3.8) is 0 Å². The number of rotatable bonds is 6. The van der Waals surface area contributed by atoms with Gasteiger partial charge in [0.2, 0.25) is 0 Å². The Labute approximate surface area is 163 Å². The Bertz CT molecular complexity index is 959. The zero-order valence-corrected chi connectivity index (χ0v) is 15.3. The maximum absolute atomic E-state index is 12.6. The largest absolute Gasteiger partial charge is 0.465 e. The van der Waals surface area contributed by atoms with Gasteiger partial charge in [-0.1, -0.05) is 66.7 Å². The SMILES string of the molecule is Cc1cc(-c2ccccc2)ccc1NNC(=O)C(NC(=O)O)c1ccccc1. The Kier molecular flexibility index (Phi) is 5.91. The molecule has 2 amide bonds. The van der Waals surface area contributed by atoms with Crippen LogP contribution in [0.15, 0.2) is 78.9 Å². The third kappa shape index (κ3) is 4.67. The van der Waals surface area contributed by atoms with Crippen LogP contribution in [0.4, 0.5) is 10.5 Å². The average Bonchev–Trinajstić information content (AvgIpc) is 2.72. The van der Waals surface area contributed by atoms with Crippen LogP contribution in [0.5, 0.6) is 0 Å². The number of nitrogens with one attached hydrogen (secondary N) is 3. The quantitative estimate of drug-likeness (QED) is 0.488. The lowest BCUT2D eigenvalue weighted by atomic mass is 10.0. The molecule has 3 aromatic carbocycles. The minimum atomic E-state index is -1.27. The van der Waals surface area contributed by atoms with E-state index in [1.165, 1.54) is 0 Å². The number of aryl methyl sites for hydroxylation is 1. The molecule has 1 unspecified atom stereocenters. The van der Waals surface area contributed by atoms with Crippen molar-refractivity contribution in [1.29, 1.82) is 0 Å². The number of hydrogen-bond acceptors (Lipinski definition) is 3. The van der Waals surface area contributed by atoms with Gasteiger partial charge >= 0.3 is 6.09 Å². The third-order valence-corrected chi connectivity index (χ3v) is 4.32. The summed E-state index contributed by atoms with van der Waals surface area (Å²) in [6.45, 7) is 1.94. The lowest BCUT2D eigenvalue weighted by molar-refractivity contribution is -0.122. The van der Waals surface area contributed by atoms with E-state index in [1.807, 2.05) is 55.5 Å². The third-order valence-electron chi connectivity index (χ3n) is 4.32. The summed E-state index contributed by atoms with van der Waals surface area (Å²) in [6, 6.07) is 23.5. The molecular weight excluding hydrogens is 354 g/mol. The van der Waals surface area contributed by atoms with Crippen molar-refractivity contribution < 1.29 is 14.7 Å². The van der Waals surface area contributed by atoms with E-state index in [2.05, 4.69) is 16.2 Å². The number of hydrazine groups is 1. The number of hydrogen-bond donors (Lipinski definition) is 4. The first kappa shape index (κ1) is 19.0. The number of carbonyl (C=O) groups excluding carboxylic acids is 1. The number of amides is 2. The summed E-state index contributed by atoms with van der Waals surface area (Å²) in [7, 11) is 0. The van der Waals surface area contributed by atoms with E-state index in [1.54, 1.807) is 30.3 Å². The smallest absolute Gasteiger partial charge is 0.405 e. The van der Waals surface area contributed by atoms with Crippen LogP contribution < -0.4 is 16.2 Å². The monoisotopic (exact) mass is 375 g/mol. The van der Waals surface area contributed by atoms with Gasteiger partial charge in [-0.2, -0.15) is 0 Å². The van der Waals surface area contributed by atoms with Crippen molar-refractivity contribution in [1.82, 2.24) is 10.7 Å². The van der Waals surface area contributed by atoms with Gasteiger partial charge in [0.15, 0.2) is 0 Å². The average molecular weight is 375 g/mol. The molecule has 0 spiro atoms. The van der Waals surface area contributed by atoms with Gasteiger partial charge in [0.25, 0.3) is 5.91 Å². The molecule has 0 aromatic heterocycles. The molecule has 0 aliphatic heterocycles. The molecule has 28 heavy (non-hydrogen) atoms. The number of carbonyl (C=O) groups is 2. The van der Waals surface area contributed by atoms with Crippen LogP contribution in [0.1, 0.15) is 17.2 Å². The van der Waals surface area contributed by atoms with Crippen LogP contribution in [0, 0.1) is 6.92 Å². The second-order valence-electron chi connectivity index (χ2n) is 6.30. The minimum Gasteiger partial charge on any atom is -0.465 e. The summed E-state index contributed by atoms with van der Waals surface area (Å²) < 4.78 is 0. The van der Waals surface area contributed by atoms with Crippen LogP contribution >= 0.6 is 0 Å². The Morgan fingerprint density at radius 2 is 1.50 bits per heavy atom. The van der Waals surface area contributed by atoms with Crippen LogP contribution in [-0.4, -0.2) is 17.1 Å².